The lowest BCUT2D eigenvalue weighted by Gasteiger charge is -2.09. The molecule has 2 nitrogen and oxygen atoms in total. The van der Waals surface area contributed by atoms with Gasteiger partial charge in [0.25, 0.3) is 5.78 Å². The Balaban J connectivity index is 2.40. The Morgan fingerprint density at radius 2 is 1.67 bits per heavy atom. The van der Waals surface area contributed by atoms with Crippen molar-refractivity contribution in [3.63, 3.8) is 0 Å². The van der Waals surface area contributed by atoms with E-state index >= 15 is 0 Å². The molecule has 0 fully saturated rings. The first kappa shape index (κ1) is 14.8. The van der Waals surface area contributed by atoms with E-state index in [2.05, 4.69) is 0 Å². The SMILES string of the molecule is Nc1ccc(/C=C/c2ccccc2)c(C(=O)C(F)(F)F)c1. The Labute approximate surface area is 119 Å². The Hall–Kier alpha value is -2.56. The highest BCUT2D eigenvalue weighted by Crippen LogP contribution is 2.26. The van der Waals surface area contributed by atoms with E-state index in [1.165, 1.54) is 18.2 Å². The van der Waals surface area contributed by atoms with E-state index in [-0.39, 0.29) is 11.3 Å². The van der Waals surface area contributed by atoms with Gasteiger partial charge in [-0.2, -0.15) is 13.2 Å². The minimum absolute atomic E-state index is 0.111. The van der Waals surface area contributed by atoms with Gasteiger partial charge in [-0.05, 0) is 23.3 Å². The lowest BCUT2D eigenvalue weighted by Crippen LogP contribution is -2.23. The smallest absolute Gasteiger partial charge is 0.399 e. The van der Waals surface area contributed by atoms with Crippen LogP contribution in [0.25, 0.3) is 12.2 Å². The number of carbonyl (C=O) groups excluding carboxylic acids is 1. The molecule has 0 aliphatic carbocycles. The van der Waals surface area contributed by atoms with Crippen LogP contribution in [0.4, 0.5) is 18.9 Å². The van der Waals surface area contributed by atoms with E-state index in [1.807, 2.05) is 18.2 Å². The topological polar surface area (TPSA) is 43.1 Å². The van der Waals surface area contributed by atoms with E-state index in [9.17, 15) is 18.0 Å². The number of benzene rings is 2. The van der Waals surface area contributed by atoms with Crippen molar-refractivity contribution in [2.45, 2.75) is 6.18 Å². The summed E-state index contributed by atoms with van der Waals surface area (Å²) in [4.78, 5) is 11.4. The summed E-state index contributed by atoms with van der Waals surface area (Å²) in [6.45, 7) is 0. The third-order valence-electron chi connectivity index (χ3n) is 2.83. The van der Waals surface area contributed by atoms with Crippen LogP contribution in [-0.2, 0) is 0 Å². The molecule has 0 amide bonds. The molecule has 21 heavy (non-hydrogen) atoms. The summed E-state index contributed by atoms with van der Waals surface area (Å²) in [5.74, 6) is -1.90. The molecule has 0 bridgehead atoms. The number of Topliss-reactive ketones (excluding diaryl/α,β-unsaturated/α-hetero) is 1. The average Bonchev–Trinajstić information content (AvgIpc) is 2.45. The van der Waals surface area contributed by atoms with Crippen LogP contribution in [-0.4, -0.2) is 12.0 Å². The zero-order chi connectivity index (χ0) is 15.5. The van der Waals surface area contributed by atoms with Crippen LogP contribution >= 0.6 is 0 Å². The number of nitrogens with two attached hydrogens (primary N) is 1. The second kappa shape index (κ2) is 5.83. The molecule has 0 radical (unpaired) electrons. The van der Waals surface area contributed by atoms with Crippen LogP contribution in [0.5, 0.6) is 0 Å². The molecule has 0 atom stereocenters. The van der Waals surface area contributed by atoms with Crippen molar-refractivity contribution in [3.05, 3.63) is 65.2 Å². The highest BCUT2D eigenvalue weighted by molar-refractivity contribution is 6.04. The summed E-state index contributed by atoms with van der Waals surface area (Å²) in [7, 11) is 0. The van der Waals surface area contributed by atoms with Gasteiger partial charge in [-0.15, -0.1) is 0 Å². The van der Waals surface area contributed by atoms with Crippen LogP contribution in [0.15, 0.2) is 48.5 Å². The number of rotatable bonds is 3. The highest BCUT2D eigenvalue weighted by atomic mass is 19.4. The fourth-order valence-corrected chi connectivity index (χ4v) is 1.82. The van der Waals surface area contributed by atoms with Crippen molar-refractivity contribution in [1.29, 1.82) is 0 Å². The van der Waals surface area contributed by atoms with Gasteiger partial charge < -0.3 is 5.73 Å². The molecule has 2 rings (SSSR count). The number of alkyl halides is 3. The quantitative estimate of drug-likeness (QED) is 0.523. The fraction of sp³-hybridized carbons (Fsp3) is 0.0625. The molecular weight excluding hydrogens is 279 g/mol. The molecule has 0 saturated carbocycles. The molecule has 2 aromatic rings. The van der Waals surface area contributed by atoms with Crippen molar-refractivity contribution in [2.75, 3.05) is 5.73 Å². The molecule has 5 heteroatoms. The van der Waals surface area contributed by atoms with Gasteiger partial charge in [0.1, 0.15) is 0 Å². The summed E-state index contributed by atoms with van der Waals surface area (Å²) in [5, 5.41) is 0. The normalized spacial score (nSPS) is 11.8. The molecule has 0 saturated heterocycles. The lowest BCUT2D eigenvalue weighted by molar-refractivity contribution is -0.0885. The van der Waals surface area contributed by atoms with Crippen LogP contribution < -0.4 is 5.73 Å². The van der Waals surface area contributed by atoms with Crippen molar-refractivity contribution < 1.29 is 18.0 Å². The Bertz CT molecular complexity index is 676. The van der Waals surface area contributed by atoms with Gasteiger partial charge in [-0.1, -0.05) is 48.6 Å². The Kier molecular flexibility index (Phi) is 4.12. The molecule has 0 aromatic heterocycles. The van der Waals surface area contributed by atoms with Gasteiger partial charge >= 0.3 is 6.18 Å². The van der Waals surface area contributed by atoms with Gasteiger partial charge in [0.2, 0.25) is 0 Å². The minimum Gasteiger partial charge on any atom is -0.399 e. The number of halogens is 3. The molecular formula is C16H12F3NO. The van der Waals surface area contributed by atoms with Gasteiger partial charge in [-0.3, -0.25) is 4.79 Å². The van der Waals surface area contributed by atoms with Gasteiger partial charge in [0.05, 0.1) is 0 Å². The zero-order valence-electron chi connectivity index (χ0n) is 10.9. The van der Waals surface area contributed by atoms with Crippen molar-refractivity contribution in [2.24, 2.45) is 0 Å². The van der Waals surface area contributed by atoms with Crippen LogP contribution in [0.3, 0.4) is 0 Å². The van der Waals surface area contributed by atoms with Crippen LogP contribution in [0.1, 0.15) is 21.5 Å². The van der Waals surface area contributed by atoms with Crippen molar-refractivity contribution in [3.8, 4) is 0 Å². The molecule has 108 valence electrons. The first-order chi connectivity index (χ1) is 9.88. The second-order valence-corrected chi connectivity index (χ2v) is 4.42. The van der Waals surface area contributed by atoms with Gasteiger partial charge in [0.15, 0.2) is 0 Å². The maximum Gasteiger partial charge on any atom is 0.454 e. The predicted molar refractivity (Wildman–Crippen MR) is 76.6 cm³/mol. The molecule has 2 aromatic carbocycles. The number of hydrogen-bond donors (Lipinski definition) is 1. The summed E-state index contributed by atoms with van der Waals surface area (Å²) in [6, 6.07) is 13.0. The van der Waals surface area contributed by atoms with Gasteiger partial charge in [0, 0.05) is 11.3 Å². The van der Waals surface area contributed by atoms with Crippen LogP contribution in [0, 0.1) is 0 Å². The summed E-state index contributed by atoms with van der Waals surface area (Å²) < 4.78 is 37.8. The Morgan fingerprint density at radius 3 is 2.29 bits per heavy atom. The summed E-state index contributed by atoms with van der Waals surface area (Å²) in [6.07, 6.45) is -1.82. The predicted octanol–water partition coefficient (Wildman–Crippen LogP) is 4.18. The van der Waals surface area contributed by atoms with E-state index in [0.29, 0.717) is 0 Å². The summed E-state index contributed by atoms with van der Waals surface area (Å²) >= 11 is 0. The van der Waals surface area contributed by atoms with Crippen molar-refractivity contribution >= 4 is 23.6 Å². The average molecular weight is 291 g/mol. The maximum absolute atomic E-state index is 12.6. The number of nitrogen functional groups attached to an aromatic ring is 1. The Morgan fingerprint density at radius 1 is 1.00 bits per heavy atom. The molecule has 0 spiro atoms. The molecule has 0 unspecified atom stereocenters. The largest absolute Gasteiger partial charge is 0.454 e. The van der Waals surface area contributed by atoms with E-state index in [0.717, 1.165) is 11.6 Å². The minimum atomic E-state index is -4.93. The fourth-order valence-electron chi connectivity index (χ4n) is 1.82. The third kappa shape index (κ3) is 3.72. The number of ketones is 1. The zero-order valence-corrected chi connectivity index (χ0v) is 10.9. The van der Waals surface area contributed by atoms with Gasteiger partial charge in [-0.25, -0.2) is 0 Å². The maximum atomic E-state index is 12.6. The number of hydrogen-bond acceptors (Lipinski definition) is 2. The third-order valence-corrected chi connectivity index (χ3v) is 2.83. The van der Waals surface area contributed by atoms with E-state index in [1.54, 1.807) is 18.2 Å². The monoisotopic (exact) mass is 291 g/mol. The summed E-state index contributed by atoms with van der Waals surface area (Å²) in [5.41, 5.74) is 6.13. The second-order valence-electron chi connectivity index (χ2n) is 4.42. The van der Waals surface area contributed by atoms with E-state index in [4.69, 9.17) is 5.73 Å². The standard InChI is InChI=1S/C16H12F3NO/c17-16(18,19)15(21)14-10-13(20)9-8-12(14)7-6-11-4-2-1-3-5-11/h1-10H,20H2/b7-6+. The first-order valence-corrected chi connectivity index (χ1v) is 6.12. The van der Waals surface area contributed by atoms with E-state index < -0.39 is 17.5 Å². The lowest BCUT2D eigenvalue weighted by atomic mass is 10.0. The number of anilines is 1. The molecule has 0 heterocycles. The number of carbonyl (C=O) groups is 1. The van der Waals surface area contributed by atoms with Crippen molar-refractivity contribution in [1.82, 2.24) is 0 Å². The molecule has 0 aliphatic heterocycles. The molecule has 2 N–H and O–H groups in total. The first-order valence-electron chi connectivity index (χ1n) is 6.12. The highest BCUT2D eigenvalue weighted by Gasteiger charge is 2.40. The molecule has 0 aliphatic rings. The van der Waals surface area contributed by atoms with Crippen LogP contribution in [0.2, 0.25) is 0 Å².